The number of benzene rings is 6. The molecule has 3 nitrogen and oxygen atoms in total. The van der Waals surface area contributed by atoms with Crippen LogP contribution in [0.3, 0.4) is 0 Å². The molecule has 0 atom stereocenters. The van der Waals surface area contributed by atoms with Crippen molar-refractivity contribution in [1.29, 1.82) is 5.26 Å². The van der Waals surface area contributed by atoms with Crippen LogP contribution < -0.4 is 0 Å². The predicted octanol–water partition coefficient (Wildman–Crippen LogP) is 12.5. The first-order chi connectivity index (χ1) is 25.1. The molecular weight excluding hydrogens is 619 g/mol. The number of pyridine rings is 2. The standard InChI is InChI=1S/C48H33N3/c1-30-43-39-18-9-10-19-41(39)50-47(36-13-5-3-6-14-36)45(43)31(2)44-40-27-26-38(28-42(40)51-48(46(30)44)37-15-7-4-8-16-37)35-24-22-34(23-25-35)33-17-11-12-32(29-49)20-21-33/h3-10,12-28H,11H2,1-2H3. The van der Waals surface area contributed by atoms with Crippen molar-refractivity contribution in [2.75, 3.05) is 0 Å². The Hall–Kier alpha value is -6.63. The summed E-state index contributed by atoms with van der Waals surface area (Å²) in [7, 11) is 0. The molecule has 0 saturated carbocycles. The van der Waals surface area contributed by atoms with E-state index in [1.807, 2.05) is 18.2 Å². The molecule has 2 aromatic heterocycles. The number of aryl methyl sites for hydroxylation is 2. The summed E-state index contributed by atoms with van der Waals surface area (Å²) in [5.41, 5.74) is 13.8. The van der Waals surface area contributed by atoms with Gasteiger partial charge in [0.2, 0.25) is 0 Å². The highest BCUT2D eigenvalue weighted by Crippen LogP contribution is 2.45. The maximum atomic E-state index is 9.32. The lowest BCUT2D eigenvalue weighted by atomic mass is 9.85. The van der Waals surface area contributed by atoms with Gasteiger partial charge in [0.05, 0.1) is 28.5 Å². The van der Waals surface area contributed by atoms with E-state index < -0.39 is 0 Å². The van der Waals surface area contributed by atoms with E-state index in [4.69, 9.17) is 9.97 Å². The molecule has 1 aliphatic carbocycles. The number of aromatic nitrogens is 2. The molecule has 8 aromatic rings. The number of rotatable bonds is 4. The number of allylic oxidation sites excluding steroid dienone is 6. The van der Waals surface area contributed by atoms with E-state index in [-0.39, 0.29) is 0 Å². The Morgan fingerprint density at radius 1 is 0.490 bits per heavy atom. The molecule has 240 valence electrons. The summed E-state index contributed by atoms with van der Waals surface area (Å²) in [6.07, 6.45) is 8.80. The van der Waals surface area contributed by atoms with E-state index in [2.05, 4.69) is 153 Å². The van der Waals surface area contributed by atoms with Crippen molar-refractivity contribution in [3.05, 3.63) is 174 Å². The first-order valence-corrected chi connectivity index (χ1v) is 17.4. The molecule has 0 fully saturated rings. The van der Waals surface area contributed by atoms with Crippen LogP contribution in [0.25, 0.3) is 82.6 Å². The molecule has 9 rings (SSSR count). The van der Waals surface area contributed by atoms with Crippen LogP contribution in [0, 0.1) is 25.2 Å². The average molecular weight is 652 g/mol. The van der Waals surface area contributed by atoms with Crippen LogP contribution in [0.1, 0.15) is 23.1 Å². The summed E-state index contributed by atoms with van der Waals surface area (Å²) in [6, 6.07) is 47.3. The van der Waals surface area contributed by atoms with Gasteiger partial charge in [-0.25, -0.2) is 9.97 Å². The van der Waals surface area contributed by atoms with Crippen molar-refractivity contribution in [2.24, 2.45) is 0 Å². The second-order valence-electron chi connectivity index (χ2n) is 13.2. The zero-order valence-electron chi connectivity index (χ0n) is 28.5. The molecular formula is C48H33N3. The van der Waals surface area contributed by atoms with Crippen LogP contribution in [-0.4, -0.2) is 9.97 Å². The Bertz CT molecular complexity index is 2820. The fourth-order valence-corrected chi connectivity index (χ4v) is 7.81. The van der Waals surface area contributed by atoms with Gasteiger partial charge in [0.15, 0.2) is 0 Å². The highest BCUT2D eigenvalue weighted by atomic mass is 14.7. The SMILES string of the molecule is Cc1c2c(-c3ccccc3)nc3cc(-c4ccc(C5=CCC=C(C#N)C=C5)cc4)ccc3c2c(C)c2c(-c3ccccc3)nc3ccccc3c12. The topological polar surface area (TPSA) is 49.6 Å². The largest absolute Gasteiger partial charge is 0.247 e. The maximum Gasteiger partial charge on any atom is 0.0988 e. The molecule has 6 aromatic carbocycles. The van der Waals surface area contributed by atoms with Crippen LogP contribution in [0.15, 0.2) is 157 Å². The van der Waals surface area contributed by atoms with E-state index >= 15 is 0 Å². The second-order valence-corrected chi connectivity index (χ2v) is 13.2. The summed E-state index contributed by atoms with van der Waals surface area (Å²) in [5, 5.41) is 16.4. The third-order valence-corrected chi connectivity index (χ3v) is 10.3. The van der Waals surface area contributed by atoms with Gasteiger partial charge < -0.3 is 0 Å². The number of hydrogen-bond acceptors (Lipinski definition) is 3. The minimum absolute atomic E-state index is 0.697. The van der Waals surface area contributed by atoms with Gasteiger partial charge in [0.1, 0.15) is 0 Å². The van der Waals surface area contributed by atoms with Crippen LogP contribution >= 0.6 is 0 Å². The third-order valence-electron chi connectivity index (χ3n) is 10.3. The van der Waals surface area contributed by atoms with Crippen LogP contribution in [0.5, 0.6) is 0 Å². The molecule has 3 heteroatoms. The van der Waals surface area contributed by atoms with E-state index in [0.717, 1.165) is 73.0 Å². The van der Waals surface area contributed by atoms with Gasteiger partial charge in [-0.05, 0) is 82.6 Å². The Labute approximate surface area is 297 Å². The third kappa shape index (κ3) is 5.12. The number of para-hydroxylation sites is 1. The van der Waals surface area contributed by atoms with Crippen molar-refractivity contribution in [1.82, 2.24) is 9.97 Å². The smallest absolute Gasteiger partial charge is 0.0988 e. The molecule has 1 aliphatic rings. The molecule has 0 spiro atoms. The summed E-state index contributed by atoms with van der Waals surface area (Å²) in [5.74, 6) is 0. The lowest BCUT2D eigenvalue weighted by Gasteiger charge is -2.21. The van der Waals surface area contributed by atoms with Gasteiger partial charge in [0, 0.05) is 38.2 Å². The van der Waals surface area contributed by atoms with Gasteiger partial charge in [-0.3, -0.25) is 0 Å². The fourth-order valence-electron chi connectivity index (χ4n) is 7.81. The van der Waals surface area contributed by atoms with Gasteiger partial charge in [-0.2, -0.15) is 5.26 Å². The predicted molar refractivity (Wildman–Crippen MR) is 213 cm³/mol. The first-order valence-electron chi connectivity index (χ1n) is 17.4. The van der Waals surface area contributed by atoms with E-state index in [0.29, 0.717) is 5.57 Å². The Morgan fingerprint density at radius 2 is 1.04 bits per heavy atom. The second kappa shape index (κ2) is 12.4. The quantitative estimate of drug-likeness (QED) is 0.141. The van der Waals surface area contributed by atoms with Crippen molar-refractivity contribution >= 4 is 48.9 Å². The van der Waals surface area contributed by atoms with Gasteiger partial charge in [-0.1, -0.05) is 133 Å². The van der Waals surface area contributed by atoms with E-state index in [9.17, 15) is 5.26 Å². The van der Waals surface area contributed by atoms with Crippen LogP contribution in [-0.2, 0) is 0 Å². The van der Waals surface area contributed by atoms with Crippen molar-refractivity contribution in [3.8, 4) is 39.7 Å². The molecule has 2 heterocycles. The number of nitriles is 1. The Morgan fingerprint density at radius 3 is 1.69 bits per heavy atom. The molecule has 0 radical (unpaired) electrons. The Balaban J connectivity index is 1.30. The van der Waals surface area contributed by atoms with Crippen molar-refractivity contribution in [2.45, 2.75) is 20.3 Å². The molecule has 0 amide bonds. The fraction of sp³-hybridized carbons (Fsp3) is 0.0625. The highest BCUT2D eigenvalue weighted by molar-refractivity contribution is 6.25. The number of nitrogens with zero attached hydrogens (tertiary/aromatic N) is 3. The Kier molecular flexibility index (Phi) is 7.37. The molecule has 0 bridgehead atoms. The summed E-state index contributed by atoms with van der Waals surface area (Å²) in [6.45, 7) is 4.52. The minimum atomic E-state index is 0.697. The lowest BCUT2D eigenvalue weighted by molar-refractivity contribution is 1.37. The summed E-state index contributed by atoms with van der Waals surface area (Å²) < 4.78 is 0. The summed E-state index contributed by atoms with van der Waals surface area (Å²) >= 11 is 0. The van der Waals surface area contributed by atoms with Gasteiger partial charge >= 0.3 is 0 Å². The van der Waals surface area contributed by atoms with Crippen LogP contribution in [0.4, 0.5) is 0 Å². The zero-order chi connectivity index (χ0) is 34.5. The highest BCUT2D eigenvalue weighted by Gasteiger charge is 2.22. The number of hydrogen-bond donors (Lipinski definition) is 0. The van der Waals surface area contributed by atoms with E-state index in [1.165, 1.54) is 32.7 Å². The van der Waals surface area contributed by atoms with Crippen molar-refractivity contribution < 1.29 is 0 Å². The van der Waals surface area contributed by atoms with Gasteiger partial charge in [-0.15, -0.1) is 0 Å². The van der Waals surface area contributed by atoms with Crippen molar-refractivity contribution in [3.63, 3.8) is 0 Å². The van der Waals surface area contributed by atoms with Crippen LogP contribution in [0.2, 0.25) is 0 Å². The van der Waals surface area contributed by atoms with E-state index in [1.54, 1.807) is 0 Å². The average Bonchev–Trinajstić information content (AvgIpc) is 3.45. The normalized spacial score (nSPS) is 13.0. The lowest BCUT2D eigenvalue weighted by Crippen LogP contribution is -1.99. The minimum Gasteiger partial charge on any atom is -0.247 e. The molecule has 51 heavy (non-hydrogen) atoms. The first kappa shape index (κ1) is 30.4. The monoisotopic (exact) mass is 651 g/mol. The molecule has 0 N–H and O–H groups in total. The van der Waals surface area contributed by atoms with Gasteiger partial charge in [0.25, 0.3) is 0 Å². The molecule has 0 saturated heterocycles. The number of fused-ring (bicyclic) bond motifs is 6. The molecule has 0 aliphatic heterocycles. The maximum absolute atomic E-state index is 9.32. The zero-order valence-corrected chi connectivity index (χ0v) is 28.5. The summed E-state index contributed by atoms with van der Waals surface area (Å²) in [4.78, 5) is 10.8. The molecule has 0 unspecified atom stereocenters.